The molecule has 112 valence electrons. The molecule has 1 aliphatic heterocycles. The Hall–Kier alpha value is -2.14. The molecule has 5 heteroatoms. The van der Waals surface area contributed by atoms with Gasteiger partial charge >= 0.3 is 0 Å². The van der Waals surface area contributed by atoms with Gasteiger partial charge in [-0.1, -0.05) is 28.1 Å². The van der Waals surface area contributed by atoms with Crippen molar-refractivity contribution in [2.45, 2.75) is 6.54 Å². The number of benzene rings is 2. The zero-order chi connectivity index (χ0) is 15.5. The van der Waals surface area contributed by atoms with E-state index in [4.69, 9.17) is 4.74 Å². The Kier molecular flexibility index (Phi) is 4.24. The molecule has 3 rings (SSSR count). The highest BCUT2D eigenvalue weighted by molar-refractivity contribution is 9.10. The number of hydrogen-bond acceptors (Lipinski definition) is 2. The summed E-state index contributed by atoms with van der Waals surface area (Å²) < 4.78 is 19.6. The number of ether oxygens (including phenoxy) is 1. The van der Waals surface area contributed by atoms with Crippen LogP contribution in [0.5, 0.6) is 5.75 Å². The summed E-state index contributed by atoms with van der Waals surface area (Å²) in [6, 6.07) is 11.8. The Morgan fingerprint density at radius 3 is 2.95 bits per heavy atom. The summed E-state index contributed by atoms with van der Waals surface area (Å²) in [4.78, 5) is 12.2. The number of carbonyl (C=O) groups excluding carboxylic acids is 1. The fourth-order valence-corrected chi connectivity index (χ4v) is 2.60. The van der Waals surface area contributed by atoms with Crippen molar-refractivity contribution in [3.63, 3.8) is 0 Å². The van der Waals surface area contributed by atoms with Crippen molar-refractivity contribution in [1.29, 1.82) is 0 Å². The molecule has 2 aromatic carbocycles. The molecule has 3 nitrogen and oxygen atoms in total. The lowest BCUT2D eigenvalue weighted by atomic mass is 10.1. The van der Waals surface area contributed by atoms with E-state index < -0.39 is 0 Å². The number of nitrogens with one attached hydrogen (secondary N) is 1. The van der Waals surface area contributed by atoms with Crippen molar-refractivity contribution in [2.75, 3.05) is 6.61 Å². The van der Waals surface area contributed by atoms with Crippen LogP contribution in [0.25, 0.3) is 6.08 Å². The second kappa shape index (κ2) is 6.32. The van der Waals surface area contributed by atoms with Crippen molar-refractivity contribution in [3.05, 3.63) is 69.5 Å². The Morgan fingerprint density at radius 2 is 2.14 bits per heavy atom. The molecule has 0 saturated carbocycles. The lowest BCUT2D eigenvalue weighted by Crippen LogP contribution is -2.28. The van der Waals surface area contributed by atoms with Crippen LogP contribution >= 0.6 is 15.9 Å². The molecule has 1 N–H and O–H groups in total. The van der Waals surface area contributed by atoms with Gasteiger partial charge in [-0.15, -0.1) is 0 Å². The predicted octanol–water partition coefficient (Wildman–Crippen LogP) is 3.68. The molecule has 0 bridgehead atoms. The van der Waals surface area contributed by atoms with Gasteiger partial charge in [0, 0.05) is 16.6 Å². The molecular formula is C17H13BrFNO2. The van der Waals surface area contributed by atoms with Crippen LogP contribution in [-0.2, 0) is 11.3 Å². The molecule has 1 aliphatic rings. The van der Waals surface area contributed by atoms with Crippen LogP contribution in [0.2, 0.25) is 0 Å². The van der Waals surface area contributed by atoms with Gasteiger partial charge in [-0.3, -0.25) is 4.79 Å². The van der Waals surface area contributed by atoms with E-state index in [9.17, 15) is 9.18 Å². The molecule has 1 amide bonds. The Bertz CT molecular complexity index is 758. The lowest BCUT2D eigenvalue weighted by Gasteiger charge is -2.18. The zero-order valence-electron chi connectivity index (χ0n) is 11.6. The van der Waals surface area contributed by atoms with Crippen molar-refractivity contribution in [3.8, 4) is 5.75 Å². The second-order valence-corrected chi connectivity index (χ2v) is 5.87. The molecule has 0 aliphatic carbocycles. The summed E-state index contributed by atoms with van der Waals surface area (Å²) in [6.45, 7) is 0.503. The van der Waals surface area contributed by atoms with E-state index in [0.717, 1.165) is 15.8 Å². The molecule has 0 atom stereocenters. The molecule has 0 spiro atoms. The number of fused-ring (bicyclic) bond motifs is 1. The van der Waals surface area contributed by atoms with E-state index in [1.165, 1.54) is 12.1 Å². The number of rotatable bonds is 3. The first-order valence-corrected chi connectivity index (χ1v) is 7.57. The Labute approximate surface area is 135 Å². The maximum Gasteiger partial charge on any atom is 0.250 e. The van der Waals surface area contributed by atoms with Crippen LogP contribution in [0.3, 0.4) is 0 Å². The summed E-state index contributed by atoms with van der Waals surface area (Å²) in [6.07, 6.45) is 1.81. The summed E-state index contributed by atoms with van der Waals surface area (Å²) in [5.74, 6) is 0.227. The smallest absolute Gasteiger partial charge is 0.250 e. The van der Waals surface area contributed by atoms with E-state index in [0.29, 0.717) is 11.1 Å². The Balaban J connectivity index is 1.70. The minimum Gasteiger partial charge on any atom is -0.488 e. The fraction of sp³-hybridized carbons (Fsp3) is 0.118. The van der Waals surface area contributed by atoms with Crippen molar-refractivity contribution < 1.29 is 13.9 Å². The van der Waals surface area contributed by atoms with Gasteiger partial charge in [0.05, 0.1) is 5.57 Å². The molecule has 22 heavy (non-hydrogen) atoms. The van der Waals surface area contributed by atoms with Crippen molar-refractivity contribution in [1.82, 2.24) is 5.32 Å². The van der Waals surface area contributed by atoms with Gasteiger partial charge in [0.25, 0.3) is 5.91 Å². The van der Waals surface area contributed by atoms with Crippen molar-refractivity contribution >= 4 is 27.9 Å². The zero-order valence-corrected chi connectivity index (χ0v) is 13.2. The van der Waals surface area contributed by atoms with E-state index in [1.807, 2.05) is 24.3 Å². The van der Waals surface area contributed by atoms with Crippen LogP contribution < -0.4 is 10.1 Å². The average molecular weight is 362 g/mol. The largest absolute Gasteiger partial charge is 0.488 e. The third-order valence-corrected chi connectivity index (χ3v) is 3.81. The molecule has 1 heterocycles. The highest BCUT2D eigenvalue weighted by Gasteiger charge is 2.17. The minimum atomic E-state index is -0.314. The second-order valence-electron chi connectivity index (χ2n) is 4.95. The van der Waals surface area contributed by atoms with Gasteiger partial charge < -0.3 is 10.1 Å². The van der Waals surface area contributed by atoms with Gasteiger partial charge in [0.1, 0.15) is 18.2 Å². The first-order chi connectivity index (χ1) is 10.6. The Morgan fingerprint density at radius 1 is 1.27 bits per heavy atom. The first-order valence-electron chi connectivity index (χ1n) is 6.77. The molecule has 0 aromatic heterocycles. The number of hydrogen-bond donors (Lipinski definition) is 1. The third-order valence-electron chi connectivity index (χ3n) is 3.32. The summed E-state index contributed by atoms with van der Waals surface area (Å²) in [5, 5.41) is 2.78. The quantitative estimate of drug-likeness (QED) is 0.905. The fourth-order valence-electron chi connectivity index (χ4n) is 2.22. The number of carbonyl (C=O) groups is 1. The van der Waals surface area contributed by atoms with E-state index in [2.05, 4.69) is 21.2 Å². The molecule has 0 unspecified atom stereocenters. The highest BCUT2D eigenvalue weighted by Crippen LogP contribution is 2.29. The van der Waals surface area contributed by atoms with Gasteiger partial charge in [0.15, 0.2) is 0 Å². The maximum atomic E-state index is 13.1. The SMILES string of the molecule is O=C(NCc1cccc(F)c1)C1=Cc2cc(Br)ccc2OC1. The molecule has 0 saturated heterocycles. The summed E-state index contributed by atoms with van der Waals surface area (Å²) in [7, 11) is 0. The lowest BCUT2D eigenvalue weighted by molar-refractivity contribution is -0.117. The third kappa shape index (κ3) is 3.36. The molecule has 2 aromatic rings. The standard InChI is InChI=1S/C17H13BrFNO2/c18-14-4-5-16-12(8-14)7-13(10-22-16)17(21)20-9-11-2-1-3-15(19)6-11/h1-8H,9-10H2,(H,20,21). The molecule has 0 radical (unpaired) electrons. The topological polar surface area (TPSA) is 38.3 Å². The van der Waals surface area contributed by atoms with Gasteiger partial charge in [-0.25, -0.2) is 4.39 Å². The van der Waals surface area contributed by atoms with Crippen molar-refractivity contribution in [2.24, 2.45) is 0 Å². The monoisotopic (exact) mass is 361 g/mol. The van der Waals surface area contributed by atoms with Crippen LogP contribution in [0.4, 0.5) is 4.39 Å². The van der Waals surface area contributed by atoms with Crippen LogP contribution in [0.1, 0.15) is 11.1 Å². The van der Waals surface area contributed by atoms with Crippen LogP contribution in [0.15, 0.2) is 52.5 Å². The highest BCUT2D eigenvalue weighted by atomic mass is 79.9. The predicted molar refractivity (Wildman–Crippen MR) is 85.9 cm³/mol. The van der Waals surface area contributed by atoms with E-state index in [1.54, 1.807) is 12.1 Å². The minimum absolute atomic E-state index is 0.213. The van der Waals surface area contributed by atoms with Gasteiger partial charge in [-0.2, -0.15) is 0 Å². The van der Waals surface area contributed by atoms with Crippen LogP contribution in [-0.4, -0.2) is 12.5 Å². The maximum absolute atomic E-state index is 13.1. The molecular weight excluding hydrogens is 349 g/mol. The number of halogens is 2. The molecule has 0 fully saturated rings. The van der Waals surface area contributed by atoms with Crippen LogP contribution in [0, 0.1) is 5.82 Å². The summed E-state index contributed by atoms with van der Waals surface area (Å²) in [5.41, 5.74) is 2.12. The average Bonchev–Trinajstić information content (AvgIpc) is 2.52. The van der Waals surface area contributed by atoms with E-state index >= 15 is 0 Å². The van der Waals surface area contributed by atoms with Gasteiger partial charge in [-0.05, 0) is 42.0 Å². The first kappa shape index (κ1) is 14.8. The van der Waals surface area contributed by atoms with Gasteiger partial charge in [0.2, 0.25) is 0 Å². The van der Waals surface area contributed by atoms with E-state index in [-0.39, 0.29) is 24.9 Å². The summed E-state index contributed by atoms with van der Waals surface area (Å²) >= 11 is 3.39. The normalized spacial score (nSPS) is 12.9. The number of amides is 1.